The number of hydrogen-bond donors (Lipinski definition) is 2. The molecular weight excluding hydrogens is 212 g/mol. The van der Waals surface area contributed by atoms with Gasteiger partial charge in [-0.3, -0.25) is 0 Å². The smallest absolute Gasteiger partial charge is 0.189 e. The average molecular weight is 238 g/mol. The number of nitrogens with two attached hydrogens (primary N) is 1. The molecule has 1 aliphatic heterocycles. The lowest BCUT2D eigenvalue weighted by atomic mass is 9.95. The van der Waals surface area contributed by atoms with Gasteiger partial charge in [0, 0.05) is 12.6 Å². The minimum atomic E-state index is 0.403. The van der Waals surface area contributed by atoms with Crippen LogP contribution in [-0.4, -0.2) is 43.1 Å². The summed E-state index contributed by atoms with van der Waals surface area (Å²) in [4.78, 5) is 7.04. The number of nitrogens with one attached hydrogen (secondary N) is 1. The van der Waals surface area contributed by atoms with Crippen LogP contribution in [0.4, 0.5) is 0 Å². The Morgan fingerprint density at radius 2 is 2.00 bits per heavy atom. The number of nitrogens with zero attached hydrogens (tertiary/aromatic N) is 2. The number of aliphatic imine (C=N–C) groups is 1. The topological polar surface area (TPSA) is 53.6 Å². The van der Waals surface area contributed by atoms with E-state index in [-0.39, 0.29) is 0 Å². The first-order chi connectivity index (χ1) is 8.15. The molecule has 98 valence electrons. The van der Waals surface area contributed by atoms with Gasteiger partial charge in [0.15, 0.2) is 5.96 Å². The summed E-state index contributed by atoms with van der Waals surface area (Å²) >= 11 is 0. The zero-order valence-corrected chi connectivity index (χ0v) is 11.2. The molecule has 3 N–H and O–H groups in total. The van der Waals surface area contributed by atoms with Gasteiger partial charge in [0.25, 0.3) is 0 Å². The van der Waals surface area contributed by atoms with Crippen LogP contribution >= 0.6 is 0 Å². The van der Waals surface area contributed by atoms with Gasteiger partial charge in [-0.1, -0.05) is 19.8 Å². The normalized spacial score (nSPS) is 32.9. The van der Waals surface area contributed by atoms with E-state index in [0.29, 0.717) is 24.0 Å². The Balaban J connectivity index is 1.84. The largest absolute Gasteiger partial charge is 0.370 e. The molecule has 1 heterocycles. The van der Waals surface area contributed by atoms with Gasteiger partial charge < -0.3 is 16.0 Å². The summed E-state index contributed by atoms with van der Waals surface area (Å²) in [6.07, 6.45) is 6.29. The van der Waals surface area contributed by atoms with E-state index in [1.54, 1.807) is 0 Å². The van der Waals surface area contributed by atoms with Gasteiger partial charge in [-0.15, -0.1) is 0 Å². The molecule has 0 bridgehead atoms. The number of piperidine rings is 1. The molecule has 2 atom stereocenters. The fourth-order valence-corrected chi connectivity index (χ4v) is 3.03. The Bertz CT molecular complexity index is 271. The zero-order chi connectivity index (χ0) is 12.3. The first-order valence-corrected chi connectivity index (χ1v) is 6.93. The molecule has 0 aromatic carbocycles. The van der Waals surface area contributed by atoms with Crippen molar-refractivity contribution in [1.29, 1.82) is 0 Å². The summed E-state index contributed by atoms with van der Waals surface area (Å²) in [7, 11) is 2.18. The molecule has 2 rings (SSSR count). The number of hydrogen-bond acceptors (Lipinski definition) is 2. The van der Waals surface area contributed by atoms with Gasteiger partial charge in [0.1, 0.15) is 0 Å². The molecule has 0 aromatic rings. The lowest BCUT2D eigenvalue weighted by Gasteiger charge is -2.32. The molecule has 4 heteroatoms. The second kappa shape index (κ2) is 5.71. The highest BCUT2D eigenvalue weighted by molar-refractivity contribution is 5.78. The Kier molecular flexibility index (Phi) is 4.26. The van der Waals surface area contributed by atoms with Crippen molar-refractivity contribution in [2.24, 2.45) is 16.6 Å². The van der Waals surface area contributed by atoms with Crippen molar-refractivity contribution in [3.05, 3.63) is 0 Å². The molecular formula is C13H26N4. The number of likely N-dealkylation sites (tertiary alicyclic amines) is 1. The van der Waals surface area contributed by atoms with Crippen LogP contribution in [0.15, 0.2) is 4.99 Å². The highest BCUT2D eigenvalue weighted by Crippen LogP contribution is 2.19. The van der Waals surface area contributed by atoms with Gasteiger partial charge in [-0.2, -0.15) is 0 Å². The molecule has 17 heavy (non-hydrogen) atoms. The van der Waals surface area contributed by atoms with E-state index >= 15 is 0 Å². The van der Waals surface area contributed by atoms with Crippen molar-refractivity contribution in [2.45, 2.75) is 51.1 Å². The molecule has 0 radical (unpaired) electrons. The molecule has 1 saturated heterocycles. The molecule has 1 saturated carbocycles. The second-order valence-electron chi connectivity index (χ2n) is 5.74. The van der Waals surface area contributed by atoms with E-state index in [2.05, 4.69) is 29.2 Å². The number of guanidine groups is 1. The predicted octanol–water partition coefficient (Wildman–Crippen LogP) is 1.17. The van der Waals surface area contributed by atoms with Gasteiger partial charge >= 0.3 is 0 Å². The maximum atomic E-state index is 6.01. The summed E-state index contributed by atoms with van der Waals surface area (Å²) < 4.78 is 0. The van der Waals surface area contributed by atoms with E-state index in [1.165, 1.54) is 25.7 Å². The first-order valence-electron chi connectivity index (χ1n) is 6.93. The summed E-state index contributed by atoms with van der Waals surface area (Å²) in [5, 5.41) is 3.37. The lowest BCUT2D eigenvalue weighted by molar-refractivity contribution is 0.198. The average Bonchev–Trinajstić information content (AvgIpc) is 2.75. The molecule has 1 aliphatic carbocycles. The fraction of sp³-hybridized carbons (Fsp3) is 0.923. The molecule has 2 unspecified atom stereocenters. The Hall–Kier alpha value is -0.770. The third kappa shape index (κ3) is 3.60. The monoisotopic (exact) mass is 238 g/mol. The predicted molar refractivity (Wildman–Crippen MR) is 72.1 cm³/mol. The van der Waals surface area contributed by atoms with Crippen LogP contribution in [0.1, 0.15) is 39.0 Å². The highest BCUT2D eigenvalue weighted by Gasteiger charge is 2.24. The maximum absolute atomic E-state index is 6.01. The van der Waals surface area contributed by atoms with Gasteiger partial charge in [-0.25, -0.2) is 4.99 Å². The maximum Gasteiger partial charge on any atom is 0.189 e. The fourth-order valence-electron chi connectivity index (χ4n) is 3.03. The summed E-state index contributed by atoms with van der Waals surface area (Å²) in [5.41, 5.74) is 6.01. The van der Waals surface area contributed by atoms with Crippen LogP contribution in [0.5, 0.6) is 0 Å². The zero-order valence-electron chi connectivity index (χ0n) is 11.2. The van der Waals surface area contributed by atoms with Crippen LogP contribution in [0.3, 0.4) is 0 Å². The molecule has 0 aromatic heterocycles. The molecule has 0 spiro atoms. The van der Waals surface area contributed by atoms with E-state index in [0.717, 1.165) is 19.5 Å². The standard InChI is InChI=1S/C13H26N4/c1-10-9-17(2)8-7-12(10)16-13(14)15-11-5-3-4-6-11/h10-12H,3-9H2,1-2H3,(H3,14,15,16). The molecule has 2 fully saturated rings. The van der Waals surface area contributed by atoms with Crippen molar-refractivity contribution in [3.63, 3.8) is 0 Å². The molecule has 0 amide bonds. The highest BCUT2D eigenvalue weighted by atomic mass is 15.2. The van der Waals surface area contributed by atoms with Crippen LogP contribution in [-0.2, 0) is 0 Å². The van der Waals surface area contributed by atoms with E-state index in [4.69, 9.17) is 5.73 Å². The van der Waals surface area contributed by atoms with Crippen molar-refractivity contribution < 1.29 is 0 Å². The van der Waals surface area contributed by atoms with E-state index in [1.807, 2.05) is 0 Å². The van der Waals surface area contributed by atoms with Crippen molar-refractivity contribution in [3.8, 4) is 0 Å². The molecule has 2 aliphatic rings. The first kappa shape index (κ1) is 12.7. The lowest BCUT2D eigenvalue weighted by Crippen LogP contribution is -2.43. The van der Waals surface area contributed by atoms with Gasteiger partial charge in [-0.05, 0) is 38.8 Å². The third-order valence-corrected chi connectivity index (χ3v) is 4.08. The van der Waals surface area contributed by atoms with Crippen LogP contribution < -0.4 is 11.1 Å². The second-order valence-corrected chi connectivity index (χ2v) is 5.74. The quantitative estimate of drug-likeness (QED) is 0.561. The Labute approximate surface area is 105 Å². The van der Waals surface area contributed by atoms with Crippen LogP contribution in [0, 0.1) is 5.92 Å². The minimum Gasteiger partial charge on any atom is -0.370 e. The van der Waals surface area contributed by atoms with Gasteiger partial charge in [0.05, 0.1) is 6.04 Å². The Morgan fingerprint density at radius 3 is 2.65 bits per heavy atom. The van der Waals surface area contributed by atoms with Crippen LogP contribution in [0.2, 0.25) is 0 Å². The summed E-state index contributed by atoms with van der Waals surface area (Å²) in [6.45, 7) is 4.53. The Morgan fingerprint density at radius 1 is 1.29 bits per heavy atom. The summed E-state index contributed by atoms with van der Waals surface area (Å²) in [5.74, 6) is 1.27. The van der Waals surface area contributed by atoms with Crippen molar-refractivity contribution in [1.82, 2.24) is 10.2 Å². The summed E-state index contributed by atoms with van der Waals surface area (Å²) in [6, 6.07) is 0.973. The van der Waals surface area contributed by atoms with Crippen molar-refractivity contribution >= 4 is 5.96 Å². The van der Waals surface area contributed by atoms with Crippen molar-refractivity contribution in [2.75, 3.05) is 20.1 Å². The number of rotatable bonds is 2. The minimum absolute atomic E-state index is 0.403. The van der Waals surface area contributed by atoms with Gasteiger partial charge in [0.2, 0.25) is 0 Å². The third-order valence-electron chi connectivity index (χ3n) is 4.08. The van der Waals surface area contributed by atoms with E-state index in [9.17, 15) is 0 Å². The SMILES string of the molecule is CC1CN(C)CCC1N=C(N)NC1CCCC1. The molecule has 4 nitrogen and oxygen atoms in total. The van der Waals surface area contributed by atoms with E-state index < -0.39 is 0 Å². The van der Waals surface area contributed by atoms with Crippen LogP contribution in [0.25, 0.3) is 0 Å².